The van der Waals surface area contributed by atoms with Crippen molar-refractivity contribution >= 4 is 11.8 Å². The molecule has 1 aromatic carbocycles. The zero-order valence-electron chi connectivity index (χ0n) is 15.3. The molecule has 1 atom stereocenters. The van der Waals surface area contributed by atoms with E-state index in [-0.39, 0.29) is 36.8 Å². The lowest BCUT2D eigenvalue weighted by molar-refractivity contribution is -0.148. The van der Waals surface area contributed by atoms with Crippen LogP contribution < -0.4 is 5.32 Å². The number of aromatic nitrogens is 4. The Morgan fingerprint density at radius 3 is 2.75 bits per heavy atom. The molecule has 10 heteroatoms. The fourth-order valence-corrected chi connectivity index (χ4v) is 3.13. The SMILES string of the molecule is O=C(NC1CCC1)[C@@H]1CN(C(=O)Cn2nnc(-c3ccc(F)cc3)n2)CCO1. The summed E-state index contributed by atoms with van der Waals surface area (Å²) in [6, 6.07) is 5.94. The average molecular weight is 388 g/mol. The van der Waals surface area contributed by atoms with Gasteiger partial charge in [-0.25, -0.2) is 4.39 Å². The van der Waals surface area contributed by atoms with Crippen LogP contribution >= 0.6 is 0 Å². The molecule has 1 aliphatic carbocycles. The Morgan fingerprint density at radius 1 is 1.25 bits per heavy atom. The van der Waals surface area contributed by atoms with Crippen LogP contribution in [0, 0.1) is 5.82 Å². The van der Waals surface area contributed by atoms with Crippen LogP contribution in [-0.4, -0.2) is 68.8 Å². The Kier molecular flexibility index (Phi) is 5.29. The molecule has 9 nitrogen and oxygen atoms in total. The first-order valence-electron chi connectivity index (χ1n) is 9.32. The second-order valence-electron chi connectivity index (χ2n) is 6.99. The zero-order valence-corrected chi connectivity index (χ0v) is 15.3. The molecule has 1 saturated carbocycles. The smallest absolute Gasteiger partial charge is 0.251 e. The molecule has 28 heavy (non-hydrogen) atoms. The standard InChI is InChI=1S/C18H21FN6O3/c19-13-6-4-12(5-7-13)17-21-23-25(22-17)11-16(26)24-8-9-28-15(10-24)18(27)20-14-2-1-3-14/h4-7,14-15H,1-3,8-11H2,(H,20,27)/t15-/m0/s1. The summed E-state index contributed by atoms with van der Waals surface area (Å²) < 4.78 is 18.5. The van der Waals surface area contributed by atoms with Crippen molar-refractivity contribution in [2.24, 2.45) is 0 Å². The lowest BCUT2D eigenvalue weighted by atomic mass is 9.93. The highest BCUT2D eigenvalue weighted by atomic mass is 19.1. The van der Waals surface area contributed by atoms with Gasteiger partial charge >= 0.3 is 0 Å². The second kappa shape index (κ2) is 8.01. The maximum Gasteiger partial charge on any atom is 0.251 e. The molecule has 2 aliphatic rings. The molecule has 1 aromatic heterocycles. The highest BCUT2D eigenvalue weighted by Crippen LogP contribution is 2.19. The average Bonchev–Trinajstić information content (AvgIpc) is 3.13. The third-order valence-corrected chi connectivity index (χ3v) is 5.00. The van der Waals surface area contributed by atoms with Gasteiger partial charge in [-0.15, -0.1) is 10.2 Å². The number of rotatable bonds is 5. The number of amides is 2. The van der Waals surface area contributed by atoms with Gasteiger partial charge in [-0.1, -0.05) is 0 Å². The predicted octanol–water partition coefficient (Wildman–Crippen LogP) is 0.375. The highest BCUT2D eigenvalue weighted by Gasteiger charge is 2.31. The molecular formula is C18H21FN6O3. The van der Waals surface area contributed by atoms with E-state index in [1.54, 1.807) is 17.0 Å². The van der Waals surface area contributed by atoms with Crippen molar-refractivity contribution in [3.63, 3.8) is 0 Å². The molecule has 0 unspecified atom stereocenters. The van der Waals surface area contributed by atoms with Crippen LogP contribution in [0.5, 0.6) is 0 Å². The van der Waals surface area contributed by atoms with E-state index in [4.69, 9.17) is 4.74 Å². The summed E-state index contributed by atoms with van der Waals surface area (Å²) in [7, 11) is 0. The van der Waals surface area contributed by atoms with E-state index in [1.165, 1.54) is 16.9 Å². The van der Waals surface area contributed by atoms with Gasteiger partial charge in [0.25, 0.3) is 5.91 Å². The van der Waals surface area contributed by atoms with Crippen molar-refractivity contribution < 1.29 is 18.7 Å². The Balaban J connectivity index is 1.34. The van der Waals surface area contributed by atoms with Gasteiger partial charge in [0.1, 0.15) is 12.4 Å². The maximum atomic E-state index is 13.0. The number of nitrogens with one attached hydrogen (secondary N) is 1. The second-order valence-corrected chi connectivity index (χ2v) is 6.99. The number of benzene rings is 1. The minimum absolute atomic E-state index is 0.0921. The van der Waals surface area contributed by atoms with E-state index in [1.807, 2.05) is 0 Å². The van der Waals surface area contributed by atoms with Gasteiger partial charge in [-0.2, -0.15) is 4.80 Å². The van der Waals surface area contributed by atoms with Gasteiger partial charge in [0, 0.05) is 18.2 Å². The van der Waals surface area contributed by atoms with Crippen molar-refractivity contribution in [3.05, 3.63) is 30.1 Å². The third kappa shape index (κ3) is 4.16. The van der Waals surface area contributed by atoms with Crippen LogP contribution in [0.4, 0.5) is 4.39 Å². The van der Waals surface area contributed by atoms with Crippen molar-refractivity contribution in [1.29, 1.82) is 0 Å². The number of morpholine rings is 1. The van der Waals surface area contributed by atoms with Crippen molar-refractivity contribution in [3.8, 4) is 11.4 Å². The molecular weight excluding hydrogens is 367 g/mol. The molecule has 0 radical (unpaired) electrons. The van der Waals surface area contributed by atoms with Crippen LogP contribution in [0.25, 0.3) is 11.4 Å². The third-order valence-electron chi connectivity index (χ3n) is 5.00. The van der Waals surface area contributed by atoms with E-state index in [2.05, 4.69) is 20.7 Å². The molecule has 0 bridgehead atoms. The summed E-state index contributed by atoms with van der Waals surface area (Å²) in [5.41, 5.74) is 0.610. The highest BCUT2D eigenvalue weighted by molar-refractivity contribution is 5.83. The van der Waals surface area contributed by atoms with E-state index in [0.717, 1.165) is 19.3 Å². The Labute approximate surface area is 160 Å². The number of carbonyl (C=O) groups excluding carboxylic acids is 2. The fraction of sp³-hybridized carbons (Fsp3) is 0.500. The van der Waals surface area contributed by atoms with Crippen molar-refractivity contribution in [1.82, 2.24) is 30.4 Å². The largest absolute Gasteiger partial charge is 0.365 e. The molecule has 4 rings (SSSR count). The monoisotopic (exact) mass is 388 g/mol. The Morgan fingerprint density at radius 2 is 2.04 bits per heavy atom. The molecule has 0 spiro atoms. The summed E-state index contributed by atoms with van der Waals surface area (Å²) in [6.45, 7) is 0.827. The summed E-state index contributed by atoms with van der Waals surface area (Å²) in [4.78, 5) is 27.6. The summed E-state index contributed by atoms with van der Waals surface area (Å²) in [5, 5.41) is 14.9. The van der Waals surface area contributed by atoms with Gasteiger partial charge in [0.05, 0.1) is 13.2 Å². The molecule has 2 heterocycles. The molecule has 2 fully saturated rings. The molecule has 1 aliphatic heterocycles. The van der Waals surface area contributed by atoms with Crippen LogP contribution in [-0.2, 0) is 20.9 Å². The summed E-state index contributed by atoms with van der Waals surface area (Å²) in [6.07, 6.45) is 2.47. The number of tetrazole rings is 1. The van der Waals surface area contributed by atoms with Gasteiger partial charge < -0.3 is 15.0 Å². The van der Waals surface area contributed by atoms with E-state index >= 15 is 0 Å². The van der Waals surface area contributed by atoms with Crippen molar-refractivity contribution in [2.75, 3.05) is 19.7 Å². The molecule has 148 valence electrons. The van der Waals surface area contributed by atoms with Crippen LogP contribution in [0.15, 0.2) is 24.3 Å². The number of ether oxygens (including phenoxy) is 1. The van der Waals surface area contributed by atoms with Gasteiger partial charge in [0.2, 0.25) is 11.7 Å². The number of carbonyl (C=O) groups is 2. The lowest BCUT2D eigenvalue weighted by Crippen LogP contribution is -2.54. The number of hydrogen-bond acceptors (Lipinski definition) is 6. The Bertz CT molecular complexity index is 851. The summed E-state index contributed by atoms with van der Waals surface area (Å²) in [5.74, 6) is -0.422. The molecule has 1 saturated heterocycles. The van der Waals surface area contributed by atoms with Gasteiger partial charge in [-0.3, -0.25) is 9.59 Å². The first-order chi connectivity index (χ1) is 13.6. The lowest BCUT2D eigenvalue weighted by Gasteiger charge is -2.34. The zero-order chi connectivity index (χ0) is 19.5. The first-order valence-corrected chi connectivity index (χ1v) is 9.32. The van der Waals surface area contributed by atoms with Crippen molar-refractivity contribution in [2.45, 2.75) is 38.0 Å². The minimum Gasteiger partial charge on any atom is -0.365 e. The predicted molar refractivity (Wildman–Crippen MR) is 95.3 cm³/mol. The molecule has 2 amide bonds. The minimum atomic E-state index is -0.656. The number of nitrogens with zero attached hydrogens (tertiary/aromatic N) is 5. The van der Waals surface area contributed by atoms with E-state index < -0.39 is 6.10 Å². The quantitative estimate of drug-likeness (QED) is 0.794. The van der Waals surface area contributed by atoms with E-state index in [9.17, 15) is 14.0 Å². The van der Waals surface area contributed by atoms with Crippen LogP contribution in [0.3, 0.4) is 0 Å². The van der Waals surface area contributed by atoms with Gasteiger partial charge in [0.15, 0.2) is 6.10 Å². The van der Waals surface area contributed by atoms with Gasteiger partial charge in [-0.05, 0) is 48.7 Å². The van der Waals surface area contributed by atoms with Crippen LogP contribution in [0.1, 0.15) is 19.3 Å². The summed E-state index contributed by atoms with van der Waals surface area (Å²) >= 11 is 0. The topological polar surface area (TPSA) is 102 Å². The fourth-order valence-electron chi connectivity index (χ4n) is 3.13. The normalized spacial score (nSPS) is 19.9. The molecule has 1 N–H and O–H groups in total. The first kappa shape index (κ1) is 18.5. The van der Waals surface area contributed by atoms with E-state index in [0.29, 0.717) is 24.5 Å². The molecule has 2 aromatic rings. The number of hydrogen-bond donors (Lipinski definition) is 1. The number of halogens is 1. The maximum absolute atomic E-state index is 13.0. The Hall–Kier alpha value is -2.88. The van der Waals surface area contributed by atoms with Crippen LogP contribution in [0.2, 0.25) is 0 Å².